The smallest absolute Gasteiger partial charge is 0.309 e. The number of nitrogens with one attached hydrogen (secondary N) is 1. The predicted octanol–water partition coefficient (Wildman–Crippen LogP) is 3.69. The maximum absolute atomic E-state index is 12.5. The molecule has 6 heteroatoms. The van der Waals surface area contributed by atoms with Gasteiger partial charge in [-0.05, 0) is 37.9 Å². The van der Waals surface area contributed by atoms with E-state index in [4.69, 9.17) is 0 Å². The highest BCUT2D eigenvalue weighted by Gasteiger charge is 2.30. The fourth-order valence-electron chi connectivity index (χ4n) is 2.14. The highest BCUT2D eigenvalue weighted by molar-refractivity contribution is 7.12. The van der Waals surface area contributed by atoms with Crippen LogP contribution in [0, 0.1) is 6.92 Å². The summed E-state index contributed by atoms with van der Waals surface area (Å²) in [5.41, 5.74) is 1.02. The van der Waals surface area contributed by atoms with Gasteiger partial charge in [0.05, 0.1) is 6.54 Å². The highest BCUT2D eigenvalue weighted by Crippen LogP contribution is 2.26. The lowest BCUT2D eigenvalue weighted by molar-refractivity contribution is -0.146. The van der Waals surface area contributed by atoms with Crippen LogP contribution in [0.2, 0.25) is 0 Å². The summed E-state index contributed by atoms with van der Waals surface area (Å²) in [5.74, 6) is 0. The Kier molecular flexibility index (Phi) is 5.09. The first kappa shape index (κ1) is 15.8. The fraction of sp³-hybridized carbons (Fsp3) is 0.714. The van der Waals surface area contributed by atoms with E-state index in [2.05, 4.69) is 11.4 Å². The van der Waals surface area contributed by atoms with Gasteiger partial charge in [-0.2, -0.15) is 13.2 Å². The van der Waals surface area contributed by atoms with Gasteiger partial charge in [0, 0.05) is 28.9 Å². The van der Waals surface area contributed by atoms with Gasteiger partial charge in [0.25, 0.3) is 0 Å². The number of hydrogen-bond donors (Lipinski definition) is 1. The summed E-state index contributed by atoms with van der Waals surface area (Å²) >= 11 is 1.68. The van der Waals surface area contributed by atoms with E-state index in [1.807, 2.05) is 6.92 Å². The molecule has 1 heterocycles. The van der Waals surface area contributed by atoms with E-state index in [9.17, 15) is 13.2 Å². The summed E-state index contributed by atoms with van der Waals surface area (Å²) in [4.78, 5) is 3.78. The molecule has 2 rings (SSSR count). The quantitative estimate of drug-likeness (QED) is 0.826. The number of halogens is 3. The molecule has 0 amide bonds. The van der Waals surface area contributed by atoms with Crippen LogP contribution in [0.15, 0.2) is 6.07 Å². The Morgan fingerprint density at radius 1 is 1.40 bits per heavy atom. The Hall–Kier alpha value is -0.590. The lowest BCUT2D eigenvalue weighted by Crippen LogP contribution is -2.33. The molecule has 1 saturated carbocycles. The van der Waals surface area contributed by atoms with Crippen molar-refractivity contribution in [3.05, 3.63) is 21.4 Å². The first-order valence-electron chi connectivity index (χ1n) is 6.98. The van der Waals surface area contributed by atoms with Gasteiger partial charge in [0.2, 0.25) is 0 Å². The molecular weight excluding hydrogens is 285 g/mol. The minimum atomic E-state index is -4.13. The monoisotopic (exact) mass is 306 g/mol. The number of alkyl halides is 3. The summed E-state index contributed by atoms with van der Waals surface area (Å²) in [6, 6.07) is 2.70. The van der Waals surface area contributed by atoms with Crippen LogP contribution in [-0.2, 0) is 13.1 Å². The Morgan fingerprint density at radius 2 is 2.10 bits per heavy atom. The van der Waals surface area contributed by atoms with Gasteiger partial charge < -0.3 is 5.32 Å². The molecule has 0 spiro atoms. The zero-order valence-corrected chi connectivity index (χ0v) is 12.7. The second kappa shape index (κ2) is 6.45. The van der Waals surface area contributed by atoms with Gasteiger partial charge in [0.1, 0.15) is 0 Å². The van der Waals surface area contributed by atoms with Crippen molar-refractivity contribution in [1.82, 2.24) is 10.2 Å². The Balaban J connectivity index is 1.92. The second-order valence-corrected chi connectivity index (χ2v) is 6.71. The predicted molar refractivity (Wildman–Crippen MR) is 75.9 cm³/mol. The van der Waals surface area contributed by atoms with Gasteiger partial charge >= 0.3 is 6.18 Å². The molecule has 2 nitrogen and oxygen atoms in total. The molecule has 0 aliphatic heterocycles. The van der Waals surface area contributed by atoms with E-state index in [0.717, 1.165) is 17.0 Å². The molecule has 0 bridgehead atoms. The van der Waals surface area contributed by atoms with Gasteiger partial charge in [-0.15, -0.1) is 11.3 Å². The molecule has 20 heavy (non-hydrogen) atoms. The molecule has 0 unspecified atom stereocenters. The molecular formula is C14H21F3N2S. The number of nitrogens with zero attached hydrogens (tertiary/aromatic N) is 1. The number of hydrogen-bond acceptors (Lipinski definition) is 3. The maximum Gasteiger partial charge on any atom is 0.401 e. The summed E-state index contributed by atoms with van der Waals surface area (Å²) in [6.45, 7) is 4.54. The number of rotatable bonds is 7. The molecule has 1 N–H and O–H groups in total. The van der Waals surface area contributed by atoms with E-state index in [1.54, 1.807) is 18.3 Å². The van der Waals surface area contributed by atoms with Crippen LogP contribution in [0.4, 0.5) is 13.2 Å². The normalized spacial score (nSPS) is 16.1. The van der Waals surface area contributed by atoms with Crippen molar-refractivity contribution in [1.29, 1.82) is 0 Å². The molecule has 0 aromatic carbocycles. The highest BCUT2D eigenvalue weighted by atomic mass is 32.1. The molecule has 1 aromatic rings. The largest absolute Gasteiger partial charge is 0.401 e. The fourth-order valence-corrected chi connectivity index (χ4v) is 3.14. The Labute approximate surface area is 122 Å². The van der Waals surface area contributed by atoms with Gasteiger partial charge in [-0.3, -0.25) is 4.90 Å². The van der Waals surface area contributed by atoms with Crippen molar-refractivity contribution in [3.8, 4) is 0 Å². The third kappa shape index (κ3) is 5.07. The lowest BCUT2D eigenvalue weighted by Gasteiger charge is -2.21. The SMILES string of the molecule is CCN(Cc1cc(CNC2CC2)sc1C)CC(F)(F)F. The number of aryl methyl sites for hydroxylation is 1. The summed E-state index contributed by atoms with van der Waals surface area (Å²) in [7, 11) is 0. The van der Waals surface area contributed by atoms with Gasteiger partial charge in [-0.25, -0.2) is 0 Å². The lowest BCUT2D eigenvalue weighted by atomic mass is 10.2. The van der Waals surface area contributed by atoms with E-state index in [0.29, 0.717) is 19.1 Å². The minimum absolute atomic E-state index is 0.377. The molecule has 0 radical (unpaired) electrons. The van der Waals surface area contributed by atoms with Gasteiger partial charge in [0.15, 0.2) is 0 Å². The van der Waals surface area contributed by atoms with E-state index < -0.39 is 12.7 Å². The molecule has 0 saturated heterocycles. The van der Waals surface area contributed by atoms with Crippen LogP contribution < -0.4 is 5.32 Å². The zero-order valence-electron chi connectivity index (χ0n) is 11.9. The first-order valence-corrected chi connectivity index (χ1v) is 7.79. The first-order chi connectivity index (χ1) is 9.37. The molecule has 1 fully saturated rings. The third-order valence-corrected chi connectivity index (χ3v) is 4.55. The Bertz CT molecular complexity index is 438. The maximum atomic E-state index is 12.5. The van der Waals surface area contributed by atoms with E-state index >= 15 is 0 Å². The van der Waals surface area contributed by atoms with Crippen molar-refractivity contribution in [3.63, 3.8) is 0 Å². The van der Waals surface area contributed by atoms with Crippen molar-refractivity contribution in [2.45, 2.75) is 52.0 Å². The molecule has 114 valence electrons. The van der Waals surface area contributed by atoms with Crippen molar-refractivity contribution in [2.24, 2.45) is 0 Å². The summed E-state index contributed by atoms with van der Waals surface area (Å²) in [6.07, 6.45) is -1.64. The van der Waals surface area contributed by atoms with Crippen molar-refractivity contribution < 1.29 is 13.2 Å². The zero-order chi connectivity index (χ0) is 14.8. The second-order valence-electron chi connectivity index (χ2n) is 5.37. The Morgan fingerprint density at radius 3 is 2.65 bits per heavy atom. The minimum Gasteiger partial charge on any atom is -0.309 e. The topological polar surface area (TPSA) is 15.3 Å². The number of thiophene rings is 1. The van der Waals surface area contributed by atoms with E-state index in [-0.39, 0.29) is 0 Å². The van der Waals surface area contributed by atoms with Crippen molar-refractivity contribution >= 4 is 11.3 Å². The van der Waals surface area contributed by atoms with Crippen LogP contribution in [-0.4, -0.2) is 30.2 Å². The molecule has 1 aromatic heterocycles. The van der Waals surface area contributed by atoms with Crippen LogP contribution in [0.1, 0.15) is 35.1 Å². The van der Waals surface area contributed by atoms with Crippen molar-refractivity contribution in [2.75, 3.05) is 13.1 Å². The molecule has 0 atom stereocenters. The molecule has 1 aliphatic rings. The van der Waals surface area contributed by atoms with Crippen LogP contribution in [0.25, 0.3) is 0 Å². The average molecular weight is 306 g/mol. The third-order valence-electron chi connectivity index (χ3n) is 3.46. The average Bonchev–Trinajstić information content (AvgIpc) is 3.10. The van der Waals surface area contributed by atoms with E-state index in [1.165, 1.54) is 22.6 Å². The van der Waals surface area contributed by atoms with Gasteiger partial charge in [-0.1, -0.05) is 6.92 Å². The standard InChI is InChI=1S/C14H21F3N2S/c1-3-19(9-14(15,16)17)8-11-6-13(20-10(11)2)7-18-12-4-5-12/h6,12,18H,3-5,7-9H2,1-2H3. The van der Waals surface area contributed by atoms with Crippen LogP contribution in [0.5, 0.6) is 0 Å². The summed E-state index contributed by atoms with van der Waals surface area (Å²) in [5, 5.41) is 3.44. The molecule has 1 aliphatic carbocycles. The van der Waals surface area contributed by atoms with Crippen LogP contribution >= 0.6 is 11.3 Å². The summed E-state index contributed by atoms with van der Waals surface area (Å²) < 4.78 is 37.4. The van der Waals surface area contributed by atoms with Crippen LogP contribution in [0.3, 0.4) is 0 Å².